The predicted octanol–water partition coefficient (Wildman–Crippen LogP) is 1.18. The number of carbonyl (C=O) groups is 2. The van der Waals surface area contributed by atoms with Gasteiger partial charge < -0.3 is 9.80 Å². The predicted molar refractivity (Wildman–Crippen MR) is 304 cm³/mol. The van der Waals surface area contributed by atoms with Gasteiger partial charge in [0.15, 0.2) is 0 Å². The van der Waals surface area contributed by atoms with Crippen molar-refractivity contribution in [1.29, 1.82) is 0 Å². The molecule has 0 radical (unpaired) electrons. The fourth-order valence-electron chi connectivity index (χ4n) is 7.27. The standard InChI is InChI=1S/2C27H26P2.2C3H7NO.2ClHO4.Pd/c2*1-5-14-24(15-6-1)28(25-16-7-2-8-17-25)22-13-23-29(26-18-9-3-10-19-26)27-20-11-4-12-21-27;2*1-4(2)3-5;2*2-1(3,4)5;/h2*1-12,14-21H,13,22-23H2;2*3H,1-2H3;2*(H,2,3,4,5);/q;;;;;;+2/p-2. The smallest absolute Gasteiger partial charge is 0.351 e. The average Bonchev–Trinajstić information content (AvgIpc) is 3.45. The van der Waals surface area contributed by atoms with E-state index in [1.165, 1.54) is 89.7 Å². The molecule has 0 aliphatic heterocycles. The van der Waals surface area contributed by atoms with Crippen molar-refractivity contribution >= 4 is 86.9 Å². The molecule has 8 rings (SSSR count). The third-order valence-electron chi connectivity index (χ3n) is 10.5. The van der Waals surface area contributed by atoms with Gasteiger partial charge in [0, 0.05) is 28.2 Å². The molecule has 0 aliphatic rings. The van der Waals surface area contributed by atoms with Gasteiger partial charge in [0.25, 0.3) is 0 Å². The molecule has 0 heterocycles. The van der Waals surface area contributed by atoms with E-state index in [4.69, 9.17) is 37.3 Å². The minimum Gasteiger partial charge on any atom is -0.351 e. The molecular formula is C60H66Cl2N2O10P4Pd. The molecular weight excluding hydrogens is 1210 g/mol. The molecule has 0 bridgehead atoms. The van der Waals surface area contributed by atoms with Crippen molar-refractivity contribution in [1.82, 2.24) is 9.80 Å². The summed E-state index contributed by atoms with van der Waals surface area (Å²) in [6.07, 6.45) is 8.93. The Morgan fingerprint density at radius 2 is 0.392 bits per heavy atom. The molecule has 0 aliphatic carbocycles. The Bertz CT molecular complexity index is 2230. The number of rotatable bonds is 18. The Morgan fingerprint density at radius 3 is 0.481 bits per heavy atom. The number of hydrogen-bond donors (Lipinski definition) is 0. The maximum Gasteiger partial charge on any atom is 2.00 e. The largest absolute Gasteiger partial charge is 2.00 e. The summed E-state index contributed by atoms with van der Waals surface area (Å²) in [4.78, 5) is 21.8. The van der Waals surface area contributed by atoms with Gasteiger partial charge in [0.05, 0.1) is 0 Å². The van der Waals surface area contributed by atoms with Gasteiger partial charge >= 0.3 is 20.4 Å². The zero-order valence-corrected chi connectivity index (χ0v) is 51.0. The van der Waals surface area contributed by atoms with Gasteiger partial charge in [-0.15, -0.1) is 20.5 Å². The van der Waals surface area contributed by atoms with E-state index in [1.54, 1.807) is 28.2 Å². The summed E-state index contributed by atoms with van der Waals surface area (Å²) in [5.74, 6) is 0. The van der Waals surface area contributed by atoms with Crippen molar-refractivity contribution < 1.29 is 87.8 Å². The second-order valence-electron chi connectivity index (χ2n) is 16.9. The second-order valence-corrected chi connectivity index (χ2v) is 27.7. The van der Waals surface area contributed by atoms with Crippen LogP contribution in [0.5, 0.6) is 0 Å². The summed E-state index contributed by atoms with van der Waals surface area (Å²) < 4.78 is 67.9. The van der Waals surface area contributed by atoms with Crippen LogP contribution >= 0.6 is 31.7 Å². The van der Waals surface area contributed by atoms with E-state index < -0.39 is 20.5 Å². The number of amides is 2. The molecule has 12 nitrogen and oxygen atoms in total. The van der Waals surface area contributed by atoms with E-state index >= 15 is 0 Å². The van der Waals surface area contributed by atoms with Crippen molar-refractivity contribution in [3.8, 4) is 0 Å². The van der Waals surface area contributed by atoms with Gasteiger partial charge in [-0.3, -0.25) is 9.59 Å². The molecule has 8 aromatic carbocycles. The van der Waals surface area contributed by atoms with Crippen LogP contribution in [0, 0.1) is 20.5 Å². The Morgan fingerprint density at radius 1 is 0.291 bits per heavy atom. The first-order chi connectivity index (χ1) is 37.4. The average molecular weight is 1280 g/mol. The van der Waals surface area contributed by atoms with Gasteiger partial charge in [-0.2, -0.15) is 0 Å². The van der Waals surface area contributed by atoms with Crippen LogP contribution in [0.1, 0.15) is 12.8 Å². The van der Waals surface area contributed by atoms with Crippen LogP contribution < -0.4 is 79.7 Å². The van der Waals surface area contributed by atoms with Gasteiger partial charge in [0.2, 0.25) is 12.8 Å². The SMILES string of the molecule is CN(C)C=O.CN(C)C=O.[O-][Cl+3]([O-])([O-])[O-].[O-][Cl+3]([O-])([O-])[O-].[Pd+2].c1ccc(P(CCCP(c2ccccc2)c2ccccc2)c2ccccc2)cc1.c1ccc(P(CCCP(c2ccccc2)c2ccccc2)c2ccccc2)cc1. The molecule has 0 unspecified atom stereocenters. The van der Waals surface area contributed by atoms with Crippen molar-refractivity contribution in [2.45, 2.75) is 12.8 Å². The van der Waals surface area contributed by atoms with Gasteiger partial charge in [-0.05, 0) is 112 Å². The van der Waals surface area contributed by atoms with E-state index in [9.17, 15) is 9.59 Å². The fourth-order valence-corrected chi connectivity index (χ4v) is 17.2. The molecule has 8 aromatic rings. The number of hydrogen-bond acceptors (Lipinski definition) is 10. The molecule has 0 spiro atoms. The maximum absolute atomic E-state index is 9.43. The van der Waals surface area contributed by atoms with Crippen LogP contribution in [0.3, 0.4) is 0 Å². The molecule has 19 heteroatoms. The van der Waals surface area contributed by atoms with Crippen molar-refractivity contribution in [2.75, 3.05) is 52.8 Å². The number of benzene rings is 8. The fraction of sp³-hybridized carbons (Fsp3) is 0.167. The van der Waals surface area contributed by atoms with Crippen LogP contribution in [0.15, 0.2) is 243 Å². The number of nitrogens with zero attached hydrogens (tertiary/aromatic N) is 2. The number of carbonyl (C=O) groups excluding carboxylic acids is 2. The minimum absolute atomic E-state index is 0. The Kier molecular flexibility index (Phi) is 36.1. The summed E-state index contributed by atoms with van der Waals surface area (Å²) in [7, 11) is -4.37. The molecule has 0 fully saturated rings. The molecule has 0 atom stereocenters. The third kappa shape index (κ3) is 32.4. The summed E-state index contributed by atoms with van der Waals surface area (Å²) >= 11 is 0. The molecule has 420 valence electrons. The summed E-state index contributed by atoms with van der Waals surface area (Å²) in [6, 6.07) is 88.6. The molecule has 0 N–H and O–H groups in total. The van der Waals surface area contributed by atoms with Crippen molar-refractivity contribution in [3.63, 3.8) is 0 Å². The van der Waals surface area contributed by atoms with Crippen LogP contribution in [-0.4, -0.2) is 75.5 Å². The Hall–Kier alpha value is -4.66. The van der Waals surface area contributed by atoms with E-state index in [1.807, 2.05) is 0 Å². The van der Waals surface area contributed by atoms with Gasteiger partial charge in [0.1, 0.15) is 0 Å². The number of halogens is 2. The summed E-state index contributed by atoms with van der Waals surface area (Å²) in [6.45, 7) is 0. The summed E-state index contributed by atoms with van der Waals surface area (Å²) in [5.41, 5.74) is 0. The van der Waals surface area contributed by atoms with Crippen LogP contribution in [0.25, 0.3) is 0 Å². The molecule has 0 aromatic heterocycles. The molecule has 0 saturated heterocycles. The van der Waals surface area contributed by atoms with E-state index in [0.717, 1.165) is 12.8 Å². The van der Waals surface area contributed by atoms with Crippen molar-refractivity contribution in [3.05, 3.63) is 243 Å². The molecule has 2 amide bonds. The normalized spacial score (nSPS) is 10.5. The Labute approximate surface area is 489 Å². The first-order valence-electron chi connectivity index (χ1n) is 24.4. The first kappa shape index (κ1) is 70.4. The quantitative estimate of drug-likeness (QED) is 0.0678. The van der Waals surface area contributed by atoms with Crippen LogP contribution in [0.2, 0.25) is 0 Å². The maximum atomic E-state index is 9.43. The van der Waals surface area contributed by atoms with Gasteiger partial charge in [-0.25, -0.2) is 37.3 Å². The zero-order valence-electron chi connectivity index (χ0n) is 44.3. The van der Waals surface area contributed by atoms with Crippen LogP contribution in [-0.2, 0) is 30.0 Å². The van der Waals surface area contributed by atoms with Crippen molar-refractivity contribution in [2.24, 2.45) is 0 Å². The second kappa shape index (κ2) is 40.5. The Balaban J connectivity index is 0.000000399. The van der Waals surface area contributed by atoms with E-state index in [0.29, 0.717) is 0 Å². The molecule has 79 heavy (non-hydrogen) atoms. The zero-order chi connectivity index (χ0) is 57.0. The minimum atomic E-state index is -4.94. The van der Waals surface area contributed by atoms with Crippen LogP contribution in [0.4, 0.5) is 0 Å². The van der Waals surface area contributed by atoms with Gasteiger partial charge in [-0.1, -0.05) is 243 Å². The van der Waals surface area contributed by atoms with E-state index in [-0.39, 0.29) is 52.1 Å². The first-order valence-corrected chi connectivity index (χ1v) is 32.9. The third-order valence-corrected chi connectivity index (χ3v) is 20.9. The van der Waals surface area contributed by atoms with E-state index in [2.05, 4.69) is 243 Å². The summed E-state index contributed by atoms with van der Waals surface area (Å²) in [5, 5.41) is 11.9. The topological polar surface area (TPSA) is 225 Å². The monoisotopic (exact) mass is 1270 g/mol. The molecule has 0 saturated carbocycles.